The second kappa shape index (κ2) is 4.84. The minimum Gasteiger partial charge on any atom is -0.289 e. The lowest BCUT2D eigenvalue weighted by Crippen LogP contribution is -2.07. The van der Waals surface area contributed by atoms with Crippen molar-refractivity contribution in [3.05, 3.63) is 46.5 Å². The topological polar surface area (TPSA) is 17.1 Å². The first-order valence-corrected chi connectivity index (χ1v) is 5.68. The maximum Gasteiger partial charge on any atom is 0.187 e. The zero-order valence-electron chi connectivity index (χ0n) is 10.2. The second-order valence-electron chi connectivity index (χ2n) is 4.92. The summed E-state index contributed by atoms with van der Waals surface area (Å²) in [6, 6.07) is 7.52. The third kappa shape index (κ3) is 3.21. The van der Waals surface area contributed by atoms with E-state index in [2.05, 4.69) is 0 Å². The van der Waals surface area contributed by atoms with Gasteiger partial charge in [-0.25, -0.2) is 0 Å². The Hall–Kier alpha value is -1.08. The van der Waals surface area contributed by atoms with Gasteiger partial charge in [0.15, 0.2) is 5.78 Å². The SMILES string of the molecule is Cc1ccccc1C(=O)/C=C(\Cl)C(C)(C)C. The van der Waals surface area contributed by atoms with E-state index < -0.39 is 0 Å². The van der Waals surface area contributed by atoms with Crippen molar-refractivity contribution in [2.75, 3.05) is 0 Å². The highest BCUT2D eigenvalue weighted by Gasteiger charge is 2.17. The van der Waals surface area contributed by atoms with E-state index in [1.165, 1.54) is 6.08 Å². The summed E-state index contributed by atoms with van der Waals surface area (Å²) in [4.78, 5) is 12.0. The van der Waals surface area contributed by atoms with Crippen LogP contribution in [0.1, 0.15) is 36.7 Å². The summed E-state index contributed by atoms with van der Waals surface area (Å²) < 4.78 is 0. The zero-order chi connectivity index (χ0) is 12.3. The number of allylic oxidation sites excluding steroid dienone is 2. The third-order valence-corrected chi connectivity index (χ3v) is 3.06. The predicted molar refractivity (Wildman–Crippen MR) is 68.9 cm³/mol. The number of halogens is 1. The molecule has 0 aromatic heterocycles. The van der Waals surface area contributed by atoms with Gasteiger partial charge in [0, 0.05) is 16.7 Å². The van der Waals surface area contributed by atoms with Gasteiger partial charge in [-0.2, -0.15) is 0 Å². The molecule has 0 spiro atoms. The van der Waals surface area contributed by atoms with E-state index in [-0.39, 0.29) is 11.2 Å². The average Bonchev–Trinajstić information content (AvgIpc) is 2.16. The first kappa shape index (κ1) is 13.0. The third-order valence-electron chi connectivity index (χ3n) is 2.38. The van der Waals surface area contributed by atoms with Crippen molar-refractivity contribution >= 4 is 17.4 Å². The van der Waals surface area contributed by atoms with Gasteiger partial charge in [-0.15, -0.1) is 0 Å². The molecule has 0 unspecified atom stereocenters. The van der Waals surface area contributed by atoms with E-state index in [0.717, 1.165) is 5.56 Å². The highest BCUT2D eigenvalue weighted by atomic mass is 35.5. The molecule has 0 atom stereocenters. The molecular formula is C14H17ClO. The molecule has 0 heterocycles. The van der Waals surface area contributed by atoms with Gasteiger partial charge in [-0.05, 0) is 17.9 Å². The molecule has 1 aromatic rings. The largest absolute Gasteiger partial charge is 0.289 e. The summed E-state index contributed by atoms with van der Waals surface area (Å²) in [6.45, 7) is 7.87. The van der Waals surface area contributed by atoms with E-state index in [9.17, 15) is 4.79 Å². The van der Waals surface area contributed by atoms with Gasteiger partial charge in [0.05, 0.1) is 0 Å². The van der Waals surface area contributed by atoms with Crippen LogP contribution in [-0.2, 0) is 0 Å². The molecule has 0 saturated heterocycles. The summed E-state index contributed by atoms with van der Waals surface area (Å²) in [6.07, 6.45) is 1.52. The Morgan fingerprint density at radius 2 is 1.81 bits per heavy atom. The molecule has 1 rings (SSSR count). The Morgan fingerprint density at radius 3 is 2.31 bits per heavy atom. The van der Waals surface area contributed by atoms with Crippen molar-refractivity contribution < 1.29 is 4.79 Å². The number of carbonyl (C=O) groups is 1. The minimum atomic E-state index is -0.181. The van der Waals surface area contributed by atoms with Crippen LogP contribution in [0.3, 0.4) is 0 Å². The molecule has 1 aromatic carbocycles. The molecule has 0 bridgehead atoms. The van der Waals surface area contributed by atoms with E-state index in [4.69, 9.17) is 11.6 Å². The van der Waals surface area contributed by atoms with E-state index >= 15 is 0 Å². The van der Waals surface area contributed by atoms with E-state index in [0.29, 0.717) is 10.6 Å². The first-order chi connectivity index (χ1) is 7.32. The maximum absolute atomic E-state index is 12.0. The van der Waals surface area contributed by atoms with Crippen LogP contribution in [0.2, 0.25) is 0 Å². The van der Waals surface area contributed by atoms with E-state index in [1.54, 1.807) is 0 Å². The lowest BCUT2D eigenvalue weighted by Gasteiger charge is -2.16. The Morgan fingerprint density at radius 1 is 1.25 bits per heavy atom. The number of carbonyl (C=O) groups excluding carboxylic acids is 1. The van der Waals surface area contributed by atoms with Crippen molar-refractivity contribution in [3.63, 3.8) is 0 Å². The Kier molecular flexibility index (Phi) is 3.93. The first-order valence-electron chi connectivity index (χ1n) is 5.30. The standard InChI is InChI=1S/C14H17ClO/c1-10-7-5-6-8-11(10)12(16)9-13(15)14(2,3)4/h5-9H,1-4H3/b13-9-. The molecule has 86 valence electrons. The van der Waals surface area contributed by atoms with Crippen LogP contribution in [0.15, 0.2) is 35.4 Å². The average molecular weight is 237 g/mol. The summed E-state index contributed by atoms with van der Waals surface area (Å²) in [5, 5.41) is 0.584. The van der Waals surface area contributed by atoms with Crippen molar-refractivity contribution in [3.8, 4) is 0 Å². The molecule has 0 N–H and O–H groups in total. The number of benzene rings is 1. The summed E-state index contributed by atoms with van der Waals surface area (Å²) in [7, 11) is 0. The van der Waals surface area contributed by atoms with Gasteiger partial charge >= 0.3 is 0 Å². The highest BCUT2D eigenvalue weighted by Crippen LogP contribution is 2.28. The summed E-state index contributed by atoms with van der Waals surface area (Å²) in [5.74, 6) is -0.0296. The fraction of sp³-hybridized carbons (Fsp3) is 0.357. The highest BCUT2D eigenvalue weighted by molar-refractivity contribution is 6.32. The Bertz CT molecular complexity index is 425. The number of rotatable bonds is 2. The van der Waals surface area contributed by atoms with Crippen LogP contribution in [-0.4, -0.2) is 5.78 Å². The van der Waals surface area contributed by atoms with Crippen molar-refractivity contribution in [1.82, 2.24) is 0 Å². The van der Waals surface area contributed by atoms with Crippen LogP contribution in [0, 0.1) is 12.3 Å². The monoisotopic (exact) mass is 236 g/mol. The zero-order valence-corrected chi connectivity index (χ0v) is 10.9. The van der Waals surface area contributed by atoms with Crippen LogP contribution in [0.25, 0.3) is 0 Å². The number of ketones is 1. The smallest absolute Gasteiger partial charge is 0.187 e. The second-order valence-corrected chi connectivity index (χ2v) is 5.33. The predicted octanol–water partition coefficient (Wildman–Crippen LogP) is 4.35. The molecule has 0 amide bonds. The lowest BCUT2D eigenvalue weighted by atomic mass is 9.94. The molecule has 2 heteroatoms. The molecule has 0 aliphatic heterocycles. The van der Waals surface area contributed by atoms with Crippen LogP contribution >= 0.6 is 11.6 Å². The van der Waals surface area contributed by atoms with Gasteiger partial charge in [0.1, 0.15) is 0 Å². The summed E-state index contributed by atoms with van der Waals surface area (Å²) in [5.41, 5.74) is 1.51. The van der Waals surface area contributed by atoms with E-state index in [1.807, 2.05) is 52.0 Å². The maximum atomic E-state index is 12.0. The molecule has 0 radical (unpaired) electrons. The number of hydrogen-bond donors (Lipinski definition) is 0. The van der Waals surface area contributed by atoms with Crippen LogP contribution in [0.4, 0.5) is 0 Å². The van der Waals surface area contributed by atoms with Gasteiger partial charge in [-0.3, -0.25) is 4.79 Å². The van der Waals surface area contributed by atoms with Crippen molar-refractivity contribution in [2.45, 2.75) is 27.7 Å². The number of aryl methyl sites for hydroxylation is 1. The quantitative estimate of drug-likeness (QED) is 0.551. The summed E-state index contributed by atoms with van der Waals surface area (Å²) >= 11 is 6.09. The van der Waals surface area contributed by atoms with Crippen LogP contribution in [0.5, 0.6) is 0 Å². The van der Waals surface area contributed by atoms with Gasteiger partial charge in [0.2, 0.25) is 0 Å². The van der Waals surface area contributed by atoms with Crippen molar-refractivity contribution in [1.29, 1.82) is 0 Å². The van der Waals surface area contributed by atoms with Gasteiger partial charge < -0.3 is 0 Å². The van der Waals surface area contributed by atoms with Gasteiger partial charge in [0.25, 0.3) is 0 Å². The van der Waals surface area contributed by atoms with Crippen molar-refractivity contribution in [2.24, 2.45) is 5.41 Å². The normalized spacial score (nSPS) is 12.7. The minimum absolute atomic E-state index is 0.0296. The molecule has 0 saturated carbocycles. The molecule has 0 aliphatic carbocycles. The molecule has 16 heavy (non-hydrogen) atoms. The fourth-order valence-electron chi connectivity index (χ4n) is 1.26. The van der Waals surface area contributed by atoms with Crippen LogP contribution < -0.4 is 0 Å². The molecule has 0 fully saturated rings. The number of hydrogen-bond acceptors (Lipinski definition) is 1. The van der Waals surface area contributed by atoms with Gasteiger partial charge in [-0.1, -0.05) is 56.6 Å². The Labute approximate surface area is 102 Å². The molecular weight excluding hydrogens is 220 g/mol. The fourth-order valence-corrected chi connectivity index (χ4v) is 1.36. The molecule has 1 nitrogen and oxygen atoms in total. The Balaban J connectivity index is 3.02. The molecule has 0 aliphatic rings. The lowest BCUT2D eigenvalue weighted by molar-refractivity contribution is 0.104.